The molecule has 2 aliphatic heterocycles. The van der Waals surface area contributed by atoms with Crippen LogP contribution >= 0.6 is 0 Å². The van der Waals surface area contributed by atoms with Gasteiger partial charge in [-0.1, -0.05) is 0 Å². The molecule has 3 heteroatoms. The third kappa shape index (κ3) is 0.764. The smallest absolute Gasteiger partial charge is 0.0999 e. The first-order valence-corrected chi connectivity index (χ1v) is 3.41. The van der Waals surface area contributed by atoms with Gasteiger partial charge in [0.1, 0.15) is 0 Å². The Hall–Kier alpha value is -0.120. The maximum atomic E-state index is 9.21. The summed E-state index contributed by atoms with van der Waals surface area (Å²) >= 11 is 0. The van der Waals surface area contributed by atoms with Crippen molar-refractivity contribution in [1.82, 2.24) is 5.32 Å². The molecule has 3 nitrogen and oxygen atoms in total. The number of hydrogen-bond acceptors (Lipinski definition) is 3. The van der Waals surface area contributed by atoms with Gasteiger partial charge in [-0.2, -0.15) is 0 Å². The van der Waals surface area contributed by atoms with Crippen LogP contribution in [0.1, 0.15) is 6.42 Å². The van der Waals surface area contributed by atoms with Crippen molar-refractivity contribution in [3.63, 3.8) is 0 Å². The van der Waals surface area contributed by atoms with Crippen molar-refractivity contribution >= 4 is 0 Å². The Kier molecular flexibility index (Phi) is 1.22. The molecule has 0 saturated carbocycles. The second-order valence-corrected chi connectivity index (χ2v) is 2.71. The Morgan fingerprint density at radius 1 is 1.56 bits per heavy atom. The number of rotatable bonds is 0. The molecule has 0 aromatic carbocycles. The van der Waals surface area contributed by atoms with Crippen LogP contribution in [-0.4, -0.2) is 36.5 Å². The number of β-amino-alcohol motifs (C(OH)–C–C–N with tert-alkyl or cyclic N) is 1. The summed E-state index contributed by atoms with van der Waals surface area (Å²) in [6.45, 7) is 1.51. The Labute approximate surface area is 54.0 Å². The fraction of sp³-hybridized carbons (Fsp3) is 1.00. The molecule has 0 unspecified atom stereocenters. The first kappa shape index (κ1) is 5.65. The lowest BCUT2D eigenvalue weighted by molar-refractivity contribution is 0.0187. The largest absolute Gasteiger partial charge is 0.389 e. The quantitative estimate of drug-likeness (QED) is 0.446. The van der Waals surface area contributed by atoms with Gasteiger partial charge >= 0.3 is 0 Å². The van der Waals surface area contributed by atoms with Crippen molar-refractivity contribution in [2.24, 2.45) is 0 Å². The number of aliphatic hydroxyl groups is 1. The molecule has 2 fully saturated rings. The fourth-order valence-electron chi connectivity index (χ4n) is 1.60. The van der Waals surface area contributed by atoms with Crippen molar-refractivity contribution < 1.29 is 9.84 Å². The highest BCUT2D eigenvalue weighted by Crippen LogP contribution is 2.21. The van der Waals surface area contributed by atoms with Gasteiger partial charge in [0.2, 0.25) is 0 Å². The Bertz CT molecular complexity index is 118. The maximum Gasteiger partial charge on any atom is 0.0999 e. The molecule has 2 N–H and O–H groups in total. The third-order valence-electron chi connectivity index (χ3n) is 2.10. The molecule has 0 amide bonds. The number of hydrogen-bond donors (Lipinski definition) is 2. The number of fused-ring (bicyclic) bond motifs is 1. The van der Waals surface area contributed by atoms with Gasteiger partial charge in [-0.3, -0.25) is 0 Å². The minimum atomic E-state index is -0.266. The lowest BCUT2D eigenvalue weighted by Crippen LogP contribution is -2.28. The van der Waals surface area contributed by atoms with Crippen molar-refractivity contribution in [2.45, 2.75) is 24.7 Å². The summed E-state index contributed by atoms with van der Waals surface area (Å²) in [5.41, 5.74) is 0. The van der Waals surface area contributed by atoms with Crippen LogP contribution in [-0.2, 0) is 4.74 Å². The highest BCUT2D eigenvalue weighted by Gasteiger charge is 2.38. The van der Waals surface area contributed by atoms with Crippen molar-refractivity contribution in [2.75, 3.05) is 13.2 Å². The van der Waals surface area contributed by atoms with Crippen LogP contribution in [0.3, 0.4) is 0 Å². The van der Waals surface area contributed by atoms with Gasteiger partial charge < -0.3 is 15.2 Å². The third-order valence-corrected chi connectivity index (χ3v) is 2.10. The van der Waals surface area contributed by atoms with Crippen LogP contribution in [0.5, 0.6) is 0 Å². The summed E-state index contributed by atoms with van der Waals surface area (Å²) in [4.78, 5) is 0. The first-order valence-electron chi connectivity index (χ1n) is 3.41. The van der Waals surface area contributed by atoms with Gasteiger partial charge in [-0.15, -0.1) is 0 Å². The molecule has 0 radical (unpaired) electrons. The van der Waals surface area contributed by atoms with Gasteiger partial charge in [0.05, 0.1) is 12.2 Å². The van der Waals surface area contributed by atoms with E-state index in [2.05, 4.69) is 5.32 Å². The summed E-state index contributed by atoms with van der Waals surface area (Å²) in [6, 6.07) is 0.431. The zero-order chi connectivity index (χ0) is 6.27. The van der Waals surface area contributed by atoms with Crippen molar-refractivity contribution in [3.05, 3.63) is 0 Å². The molecule has 2 heterocycles. The average molecular weight is 129 g/mol. The van der Waals surface area contributed by atoms with E-state index in [1.165, 1.54) is 0 Å². The molecule has 0 aliphatic carbocycles. The SMILES string of the molecule is O[C@@H]1CN[C@@H]2CCO[C@H]12. The van der Waals surface area contributed by atoms with Crippen LogP contribution in [0.4, 0.5) is 0 Å². The number of ether oxygens (including phenoxy) is 1. The van der Waals surface area contributed by atoms with E-state index in [-0.39, 0.29) is 12.2 Å². The molecular weight excluding hydrogens is 118 g/mol. The Morgan fingerprint density at radius 2 is 2.44 bits per heavy atom. The Balaban J connectivity index is 2.07. The standard InChI is InChI=1S/C6H11NO2/c8-5-3-7-4-1-2-9-6(4)5/h4-8H,1-3H2/t4-,5-,6+/m1/s1. The normalized spacial score (nSPS) is 49.7. The van der Waals surface area contributed by atoms with Crippen LogP contribution in [0.15, 0.2) is 0 Å². The van der Waals surface area contributed by atoms with Gasteiger partial charge in [-0.05, 0) is 6.42 Å². The summed E-state index contributed by atoms with van der Waals surface area (Å²) in [5, 5.41) is 12.4. The zero-order valence-corrected chi connectivity index (χ0v) is 5.21. The lowest BCUT2D eigenvalue weighted by atomic mass is 10.1. The molecule has 2 rings (SSSR count). The molecule has 0 aromatic heterocycles. The maximum absolute atomic E-state index is 9.21. The predicted octanol–water partition coefficient (Wildman–Crippen LogP) is -0.892. The molecule has 0 bridgehead atoms. The van der Waals surface area contributed by atoms with Crippen molar-refractivity contribution in [3.8, 4) is 0 Å². The van der Waals surface area contributed by atoms with E-state index in [1.807, 2.05) is 0 Å². The monoisotopic (exact) mass is 129 g/mol. The second kappa shape index (κ2) is 1.94. The van der Waals surface area contributed by atoms with E-state index >= 15 is 0 Å². The predicted molar refractivity (Wildman–Crippen MR) is 32.2 cm³/mol. The summed E-state index contributed by atoms with van der Waals surface area (Å²) in [7, 11) is 0. The highest BCUT2D eigenvalue weighted by atomic mass is 16.5. The van der Waals surface area contributed by atoms with Gasteiger partial charge in [0.15, 0.2) is 0 Å². The summed E-state index contributed by atoms with van der Waals surface area (Å²) < 4.78 is 5.28. The van der Waals surface area contributed by atoms with E-state index in [1.54, 1.807) is 0 Å². The van der Waals surface area contributed by atoms with Crippen LogP contribution < -0.4 is 5.32 Å². The minimum Gasteiger partial charge on any atom is -0.389 e. The Morgan fingerprint density at radius 3 is 3.22 bits per heavy atom. The number of aliphatic hydroxyl groups excluding tert-OH is 1. The van der Waals surface area contributed by atoms with Crippen LogP contribution in [0, 0.1) is 0 Å². The average Bonchev–Trinajstić information content (AvgIpc) is 2.35. The summed E-state index contributed by atoms with van der Waals surface area (Å²) in [6.07, 6.45) is 0.879. The van der Waals surface area contributed by atoms with Crippen LogP contribution in [0.25, 0.3) is 0 Å². The molecule has 0 aromatic rings. The van der Waals surface area contributed by atoms with E-state index in [0.717, 1.165) is 13.0 Å². The molecule has 9 heavy (non-hydrogen) atoms. The van der Waals surface area contributed by atoms with Gasteiger partial charge in [0, 0.05) is 19.2 Å². The van der Waals surface area contributed by atoms with E-state index in [4.69, 9.17) is 4.74 Å². The minimum absolute atomic E-state index is 0.0880. The lowest BCUT2D eigenvalue weighted by Gasteiger charge is -2.09. The van der Waals surface area contributed by atoms with Crippen molar-refractivity contribution in [1.29, 1.82) is 0 Å². The molecule has 2 saturated heterocycles. The molecule has 52 valence electrons. The molecule has 2 aliphatic rings. The van der Waals surface area contributed by atoms with E-state index in [9.17, 15) is 5.11 Å². The second-order valence-electron chi connectivity index (χ2n) is 2.71. The zero-order valence-electron chi connectivity index (χ0n) is 5.21. The molecule has 3 atom stereocenters. The van der Waals surface area contributed by atoms with Gasteiger partial charge in [-0.25, -0.2) is 0 Å². The summed E-state index contributed by atoms with van der Waals surface area (Å²) in [5.74, 6) is 0. The van der Waals surface area contributed by atoms with E-state index < -0.39 is 0 Å². The topological polar surface area (TPSA) is 41.5 Å². The molecule has 0 spiro atoms. The number of nitrogens with one attached hydrogen (secondary N) is 1. The molecular formula is C6H11NO2. The van der Waals surface area contributed by atoms with E-state index in [0.29, 0.717) is 12.6 Å². The highest BCUT2D eigenvalue weighted by molar-refractivity contribution is 4.94. The van der Waals surface area contributed by atoms with Crippen LogP contribution in [0.2, 0.25) is 0 Å². The first-order chi connectivity index (χ1) is 4.38. The fourth-order valence-corrected chi connectivity index (χ4v) is 1.60. The van der Waals surface area contributed by atoms with Gasteiger partial charge in [0.25, 0.3) is 0 Å².